The maximum absolute atomic E-state index is 12.6. The van der Waals surface area contributed by atoms with Gasteiger partial charge in [-0.05, 0) is 45.4 Å². The van der Waals surface area contributed by atoms with Gasteiger partial charge in [0.05, 0.1) is 39.6 Å². The van der Waals surface area contributed by atoms with E-state index < -0.39 is 53.8 Å². The van der Waals surface area contributed by atoms with Crippen molar-refractivity contribution in [2.45, 2.75) is 186 Å². The van der Waals surface area contributed by atoms with Gasteiger partial charge in [0.15, 0.2) is 0 Å². The van der Waals surface area contributed by atoms with Gasteiger partial charge in [0.2, 0.25) is 35.4 Å². The van der Waals surface area contributed by atoms with Gasteiger partial charge in [-0.25, -0.2) is 9.59 Å². The number of carboxylic acids is 3. The molecule has 0 aromatic rings. The number of carbonyl (C=O) groups excluding carboxylic acids is 6. The van der Waals surface area contributed by atoms with Crippen molar-refractivity contribution < 1.29 is 77.4 Å². The summed E-state index contributed by atoms with van der Waals surface area (Å²) in [6.07, 6.45) is 16.4. The average Bonchev–Trinajstić information content (AvgIpc) is 3.32. The molecule has 0 radical (unpaired) electrons. The Bertz CT molecular complexity index is 1510. The van der Waals surface area contributed by atoms with Crippen LogP contribution in [-0.2, 0) is 62.1 Å². The Morgan fingerprint density at radius 3 is 1.20 bits per heavy atom. The molecule has 0 saturated carbocycles. The Kier molecular flexibility index (Phi) is 43.0. The highest BCUT2D eigenvalue weighted by Crippen LogP contribution is 2.14. The number of rotatable bonds is 50. The number of nitrogens with one attached hydrogen (secondary N) is 6. The lowest BCUT2D eigenvalue weighted by atomic mass is 10.0. The van der Waals surface area contributed by atoms with Gasteiger partial charge < -0.3 is 66.2 Å². The molecule has 3 atom stereocenters. The summed E-state index contributed by atoms with van der Waals surface area (Å²) in [7, 11) is 0. The highest BCUT2D eigenvalue weighted by molar-refractivity contribution is 5.85. The Balaban J connectivity index is 4.03. The Morgan fingerprint density at radius 2 is 0.746 bits per heavy atom. The van der Waals surface area contributed by atoms with E-state index in [0.29, 0.717) is 13.0 Å². The van der Waals surface area contributed by atoms with Crippen molar-refractivity contribution in [3.8, 4) is 0 Å². The molecule has 0 aromatic heterocycles. The molecule has 0 aliphatic heterocycles. The fourth-order valence-corrected chi connectivity index (χ4v) is 6.94. The second kappa shape index (κ2) is 46.2. The number of unbranched alkanes of at least 4 members (excludes halogenated alkanes) is 14. The minimum Gasteiger partial charge on any atom is -0.481 e. The highest BCUT2D eigenvalue weighted by Gasteiger charge is 2.23. The van der Waals surface area contributed by atoms with E-state index in [0.717, 1.165) is 64.2 Å². The van der Waals surface area contributed by atoms with E-state index in [4.69, 9.17) is 24.1 Å². The number of hydrogen-bond acceptors (Lipinski definition) is 13. The Labute approximate surface area is 420 Å². The zero-order chi connectivity index (χ0) is 52.7. The Morgan fingerprint density at radius 1 is 0.380 bits per heavy atom. The minimum absolute atomic E-state index is 0.0311. The molecule has 0 spiro atoms. The van der Waals surface area contributed by atoms with E-state index in [-0.39, 0.29) is 135 Å². The number of carbonyl (C=O) groups is 9. The number of aliphatic carboxylic acids is 3. The van der Waals surface area contributed by atoms with E-state index in [1.807, 2.05) is 6.92 Å². The van der Waals surface area contributed by atoms with Crippen molar-refractivity contribution >= 4 is 53.4 Å². The zero-order valence-corrected chi connectivity index (χ0v) is 42.6. The molecule has 6 amide bonds. The molecule has 0 heterocycles. The van der Waals surface area contributed by atoms with Crippen LogP contribution in [0, 0.1) is 0 Å². The zero-order valence-electron chi connectivity index (χ0n) is 42.6. The van der Waals surface area contributed by atoms with Crippen molar-refractivity contribution in [1.82, 2.24) is 31.9 Å². The average molecular weight is 1020 g/mol. The summed E-state index contributed by atoms with van der Waals surface area (Å²) in [5.41, 5.74) is 0. The van der Waals surface area contributed by atoms with Crippen LogP contribution in [0.15, 0.2) is 0 Å². The maximum atomic E-state index is 12.6. The molecular weight excluding hydrogens is 929 g/mol. The third kappa shape index (κ3) is 44.7. The lowest BCUT2D eigenvalue weighted by Gasteiger charge is -2.18. The SMILES string of the molecule is CCCCNC(=O)COCCOCCNC(=O)COCCOCCNC(=O)CC[C@H](NC(=O)CC[C@@H](C)NC(=O)CCC(NC(=O)CCCCCCCCCCCCCCCCC(=O)O)C(=O)O)C(=O)O. The van der Waals surface area contributed by atoms with E-state index >= 15 is 0 Å². The number of hydrogen-bond donors (Lipinski definition) is 9. The van der Waals surface area contributed by atoms with Gasteiger partial charge in [-0.1, -0.05) is 90.4 Å². The number of carboxylic acid groups (broad SMARTS) is 3. The van der Waals surface area contributed by atoms with Crippen molar-refractivity contribution in [2.75, 3.05) is 72.5 Å². The van der Waals surface area contributed by atoms with E-state index in [2.05, 4.69) is 31.9 Å². The first-order valence-corrected chi connectivity index (χ1v) is 25.8. The summed E-state index contributed by atoms with van der Waals surface area (Å²) in [6.45, 7) is 5.75. The van der Waals surface area contributed by atoms with Crippen molar-refractivity contribution in [1.29, 1.82) is 0 Å². The van der Waals surface area contributed by atoms with E-state index in [9.17, 15) is 53.4 Å². The molecule has 22 nitrogen and oxygen atoms in total. The molecule has 22 heteroatoms. The van der Waals surface area contributed by atoms with Crippen LogP contribution >= 0.6 is 0 Å². The fraction of sp³-hybridized carbons (Fsp3) is 0.816. The van der Waals surface area contributed by atoms with Gasteiger partial charge in [0.25, 0.3) is 0 Å². The molecular formula is C49H88N6O16. The molecule has 0 rings (SSSR count). The lowest BCUT2D eigenvalue weighted by Crippen LogP contribution is -2.43. The summed E-state index contributed by atoms with van der Waals surface area (Å²) in [4.78, 5) is 107. The molecule has 0 bridgehead atoms. The number of amides is 6. The lowest BCUT2D eigenvalue weighted by molar-refractivity contribution is -0.142. The van der Waals surface area contributed by atoms with Crippen LogP contribution in [0.1, 0.15) is 168 Å². The summed E-state index contributed by atoms with van der Waals surface area (Å²) >= 11 is 0. The van der Waals surface area contributed by atoms with E-state index in [1.165, 1.54) is 32.1 Å². The van der Waals surface area contributed by atoms with Crippen molar-refractivity contribution in [3.63, 3.8) is 0 Å². The maximum Gasteiger partial charge on any atom is 0.326 e. The largest absolute Gasteiger partial charge is 0.481 e. The summed E-state index contributed by atoms with van der Waals surface area (Å²) in [5, 5.41) is 43.5. The normalized spacial score (nSPS) is 12.3. The van der Waals surface area contributed by atoms with Gasteiger partial charge in [-0.15, -0.1) is 0 Å². The van der Waals surface area contributed by atoms with Gasteiger partial charge in [0.1, 0.15) is 25.3 Å². The molecule has 410 valence electrons. The first-order chi connectivity index (χ1) is 34.1. The third-order valence-corrected chi connectivity index (χ3v) is 11.0. The fourth-order valence-electron chi connectivity index (χ4n) is 6.94. The van der Waals surface area contributed by atoms with Crippen LogP contribution in [-0.4, -0.2) is 159 Å². The van der Waals surface area contributed by atoms with Crippen molar-refractivity contribution in [2.24, 2.45) is 0 Å². The van der Waals surface area contributed by atoms with Gasteiger partial charge >= 0.3 is 17.9 Å². The Hall–Kier alpha value is -4.93. The van der Waals surface area contributed by atoms with Gasteiger partial charge in [0, 0.05) is 57.8 Å². The molecule has 71 heavy (non-hydrogen) atoms. The summed E-state index contributed by atoms with van der Waals surface area (Å²) in [6, 6.07) is -3.05. The van der Waals surface area contributed by atoms with Crippen LogP contribution in [0.4, 0.5) is 0 Å². The van der Waals surface area contributed by atoms with Crippen LogP contribution in [0.25, 0.3) is 0 Å². The molecule has 0 fully saturated rings. The first kappa shape index (κ1) is 66.1. The molecule has 0 aliphatic rings. The second-order valence-corrected chi connectivity index (χ2v) is 17.6. The van der Waals surface area contributed by atoms with E-state index in [1.54, 1.807) is 6.92 Å². The quantitative estimate of drug-likeness (QED) is 0.0394. The van der Waals surface area contributed by atoms with Crippen LogP contribution < -0.4 is 31.9 Å². The predicted molar refractivity (Wildman–Crippen MR) is 263 cm³/mol. The number of ether oxygens (including phenoxy) is 4. The molecule has 0 aliphatic carbocycles. The predicted octanol–water partition coefficient (Wildman–Crippen LogP) is 3.51. The summed E-state index contributed by atoms with van der Waals surface area (Å²) in [5.74, 6) is -5.67. The van der Waals surface area contributed by atoms with Crippen LogP contribution in [0.2, 0.25) is 0 Å². The standard InChI is InChI=1S/C49H88N6O16/c1-3-4-27-50-45(60)36-70-34-33-69-31-29-52-46(61)37-71-35-32-68-30-28-51-41(56)25-22-39(48(64)65)55-44(59)24-21-38(2)53-43(58)26-23-40(49(66)67)54-42(57)19-17-15-13-11-9-7-5-6-8-10-12-14-16-18-20-47(62)63/h38-40H,3-37H2,1-2H3,(H,50,60)(H,51,56)(H,52,61)(H,53,58)(H,54,57)(H,55,59)(H,62,63)(H,64,65)(H,66,67)/t38-,39+,40?/m1/s1. The highest BCUT2D eigenvalue weighted by atomic mass is 16.5. The van der Waals surface area contributed by atoms with Crippen LogP contribution in [0.3, 0.4) is 0 Å². The van der Waals surface area contributed by atoms with Gasteiger partial charge in [-0.2, -0.15) is 0 Å². The smallest absolute Gasteiger partial charge is 0.326 e. The molecule has 0 saturated heterocycles. The molecule has 9 N–H and O–H groups in total. The van der Waals surface area contributed by atoms with Gasteiger partial charge in [-0.3, -0.25) is 33.6 Å². The second-order valence-electron chi connectivity index (χ2n) is 17.6. The first-order valence-electron chi connectivity index (χ1n) is 25.8. The topological polar surface area (TPSA) is 323 Å². The molecule has 1 unspecified atom stereocenters. The van der Waals surface area contributed by atoms with Crippen LogP contribution in [0.5, 0.6) is 0 Å². The molecule has 0 aromatic carbocycles. The third-order valence-electron chi connectivity index (χ3n) is 11.0. The van der Waals surface area contributed by atoms with Crippen molar-refractivity contribution in [3.05, 3.63) is 0 Å². The minimum atomic E-state index is -1.32. The summed E-state index contributed by atoms with van der Waals surface area (Å²) < 4.78 is 21.2. The monoisotopic (exact) mass is 1020 g/mol.